The lowest BCUT2D eigenvalue weighted by atomic mass is 9.64. The quantitative estimate of drug-likeness (QED) is 0.462. The van der Waals surface area contributed by atoms with E-state index in [9.17, 15) is 0 Å². The summed E-state index contributed by atoms with van der Waals surface area (Å²) in [5.74, 6) is 6.59. The first-order chi connectivity index (χ1) is 11.8. The normalized spacial score (nSPS) is 41.2. The van der Waals surface area contributed by atoms with Crippen LogP contribution >= 0.6 is 0 Å². The van der Waals surface area contributed by atoms with Crippen molar-refractivity contribution < 1.29 is 0 Å². The Morgan fingerprint density at radius 2 is 1.17 bits per heavy atom. The monoisotopic (exact) mass is 332 g/mol. The maximum absolute atomic E-state index is 2.42. The fraction of sp³-hybridized carbons (Fsp3) is 1.00. The van der Waals surface area contributed by atoms with Gasteiger partial charge < -0.3 is 0 Å². The summed E-state index contributed by atoms with van der Waals surface area (Å²) >= 11 is 0. The van der Waals surface area contributed by atoms with Crippen molar-refractivity contribution in [3.05, 3.63) is 0 Å². The lowest BCUT2D eigenvalue weighted by Gasteiger charge is -2.41. The maximum Gasteiger partial charge on any atom is -0.0383 e. The number of rotatable bonds is 6. The Morgan fingerprint density at radius 1 is 0.583 bits per heavy atom. The molecule has 3 aliphatic carbocycles. The Morgan fingerprint density at radius 3 is 1.75 bits per heavy atom. The lowest BCUT2D eigenvalue weighted by molar-refractivity contribution is 0.0993. The maximum atomic E-state index is 2.42. The van der Waals surface area contributed by atoms with E-state index >= 15 is 0 Å². The molecule has 0 unspecified atom stereocenters. The molecule has 0 aliphatic heterocycles. The van der Waals surface area contributed by atoms with Crippen molar-refractivity contribution in [1.82, 2.24) is 0 Å². The van der Waals surface area contributed by atoms with Gasteiger partial charge in [-0.15, -0.1) is 0 Å². The third kappa shape index (κ3) is 5.01. The molecule has 140 valence electrons. The molecule has 0 N–H and O–H groups in total. The number of unbranched alkanes of at least 4 members (excludes halogenated alkanes) is 1. The van der Waals surface area contributed by atoms with Gasteiger partial charge in [-0.3, -0.25) is 0 Å². The average molecular weight is 333 g/mol. The van der Waals surface area contributed by atoms with Crippen LogP contribution in [-0.2, 0) is 0 Å². The van der Waals surface area contributed by atoms with E-state index in [0.29, 0.717) is 0 Å². The zero-order valence-corrected chi connectivity index (χ0v) is 16.8. The van der Waals surface area contributed by atoms with Gasteiger partial charge in [-0.25, -0.2) is 0 Å². The van der Waals surface area contributed by atoms with Gasteiger partial charge in [-0.1, -0.05) is 71.6 Å². The average Bonchev–Trinajstić information content (AvgIpc) is 2.67. The first-order valence-electron chi connectivity index (χ1n) is 11.8. The van der Waals surface area contributed by atoms with Gasteiger partial charge in [0.2, 0.25) is 0 Å². The van der Waals surface area contributed by atoms with Crippen molar-refractivity contribution in [1.29, 1.82) is 0 Å². The predicted molar refractivity (Wildman–Crippen MR) is 106 cm³/mol. The number of hydrogen-bond acceptors (Lipinski definition) is 0. The molecule has 0 heterocycles. The molecule has 0 saturated heterocycles. The first kappa shape index (κ1) is 18.8. The highest BCUT2D eigenvalue weighted by Crippen LogP contribution is 2.46. The summed E-state index contributed by atoms with van der Waals surface area (Å²) in [6.45, 7) is 4.76. The topological polar surface area (TPSA) is 0 Å². The molecule has 3 saturated carbocycles. The first-order valence-corrected chi connectivity index (χ1v) is 11.8. The van der Waals surface area contributed by atoms with Crippen molar-refractivity contribution in [2.75, 3.05) is 0 Å². The van der Waals surface area contributed by atoms with E-state index in [1.165, 1.54) is 38.5 Å². The zero-order valence-electron chi connectivity index (χ0n) is 16.8. The zero-order chi connectivity index (χ0) is 16.8. The molecular formula is C24H44. The minimum atomic E-state index is 1.07. The minimum absolute atomic E-state index is 1.07. The van der Waals surface area contributed by atoms with Crippen molar-refractivity contribution in [2.24, 2.45) is 35.5 Å². The van der Waals surface area contributed by atoms with Gasteiger partial charge >= 0.3 is 0 Å². The molecule has 3 rings (SSSR count). The van der Waals surface area contributed by atoms with Crippen LogP contribution < -0.4 is 0 Å². The van der Waals surface area contributed by atoms with Crippen molar-refractivity contribution >= 4 is 0 Å². The molecular weight excluding hydrogens is 288 g/mol. The third-order valence-corrected chi connectivity index (χ3v) is 8.41. The second-order valence-electron chi connectivity index (χ2n) is 9.80. The molecule has 0 nitrogen and oxygen atoms in total. The molecule has 0 aromatic heterocycles. The van der Waals surface area contributed by atoms with E-state index in [1.807, 2.05) is 0 Å². The molecule has 0 spiro atoms. The number of hydrogen-bond donors (Lipinski definition) is 0. The van der Waals surface area contributed by atoms with E-state index in [0.717, 1.165) is 35.5 Å². The Balaban J connectivity index is 1.38. The largest absolute Gasteiger partial charge is 0.0654 e. The summed E-state index contributed by atoms with van der Waals surface area (Å²) in [6, 6.07) is 0. The van der Waals surface area contributed by atoms with Gasteiger partial charge in [0.05, 0.1) is 0 Å². The van der Waals surface area contributed by atoms with E-state index in [1.54, 1.807) is 64.2 Å². The summed E-state index contributed by atoms with van der Waals surface area (Å²) in [5.41, 5.74) is 0. The molecule has 3 fully saturated rings. The lowest BCUT2D eigenvalue weighted by Crippen LogP contribution is -2.30. The predicted octanol–water partition coefficient (Wildman–Crippen LogP) is 8.01. The van der Waals surface area contributed by atoms with E-state index in [-0.39, 0.29) is 0 Å². The summed E-state index contributed by atoms with van der Waals surface area (Å²) in [5, 5.41) is 0. The Hall–Kier alpha value is 0. The van der Waals surface area contributed by atoms with Crippen LogP contribution in [0.2, 0.25) is 0 Å². The van der Waals surface area contributed by atoms with Crippen LogP contribution in [0.4, 0.5) is 0 Å². The highest BCUT2D eigenvalue weighted by molar-refractivity contribution is 4.86. The highest BCUT2D eigenvalue weighted by atomic mass is 14.4. The second-order valence-corrected chi connectivity index (χ2v) is 9.80. The second kappa shape index (κ2) is 9.63. The van der Waals surface area contributed by atoms with Gasteiger partial charge in [0, 0.05) is 0 Å². The summed E-state index contributed by atoms with van der Waals surface area (Å²) < 4.78 is 0. The standard InChI is InChI=1S/C24H44/c1-3-5-7-20-10-12-21(13-11-20)22-14-16-23(17-15-22)24-9-6-8-19(4-2)18-24/h19-24H,3-18H2,1-2H3/t19-,20-,21-,22?,23?,24+/m0/s1. The molecule has 3 aliphatic rings. The minimum Gasteiger partial charge on any atom is -0.0654 e. The Labute approximate surface area is 152 Å². The van der Waals surface area contributed by atoms with Gasteiger partial charge in [0.1, 0.15) is 0 Å². The summed E-state index contributed by atoms with van der Waals surface area (Å²) in [4.78, 5) is 0. The van der Waals surface area contributed by atoms with Crippen LogP contribution in [-0.4, -0.2) is 0 Å². The Kier molecular flexibility index (Phi) is 7.54. The van der Waals surface area contributed by atoms with Crippen LogP contribution in [0, 0.1) is 35.5 Å². The van der Waals surface area contributed by atoms with Gasteiger partial charge in [0.25, 0.3) is 0 Å². The van der Waals surface area contributed by atoms with Crippen LogP contribution in [0.15, 0.2) is 0 Å². The van der Waals surface area contributed by atoms with E-state index in [2.05, 4.69) is 13.8 Å². The van der Waals surface area contributed by atoms with Crippen LogP contribution in [0.5, 0.6) is 0 Å². The molecule has 0 amide bonds. The Bertz CT molecular complexity index is 330. The van der Waals surface area contributed by atoms with Gasteiger partial charge in [-0.2, -0.15) is 0 Å². The van der Waals surface area contributed by atoms with Crippen molar-refractivity contribution in [3.63, 3.8) is 0 Å². The molecule has 0 aromatic carbocycles. The SMILES string of the molecule is CCCC[C@H]1CC[C@H](C2CCC([C@@H]3CCC[C@H](CC)C3)CC2)CC1. The van der Waals surface area contributed by atoms with Crippen LogP contribution in [0.25, 0.3) is 0 Å². The summed E-state index contributed by atoms with van der Waals surface area (Å²) in [7, 11) is 0. The molecule has 0 heteroatoms. The van der Waals surface area contributed by atoms with Crippen LogP contribution in [0.1, 0.15) is 117 Å². The highest BCUT2D eigenvalue weighted by Gasteiger charge is 2.34. The molecule has 0 bridgehead atoms. The van der Waals surface area contributed by atoms with E-state index < -0.39 is 0 Å². The molecule has 0 radical (unpaired) electrons. The van der Waals surface area contributed by atoms with Crippen LogP contribution in [0.3, 0.4) is 0 Å². The van der Waals surface area contributed by atoms with Gasteiger partial charge in [-0.05, 0) is 80.5 Å². The van der Waals surface area contributed by atoms with Gasteiger partial charge in [0.15, 0.2) is 0 Å². The fourth-order valence-corrected chi connectivity index (χ4v) is 6.66. The molecule has 24 heavy (non-hydrogen) atoms. The van der Waals surface area contributed by atoms with E-state index in [4.69, 9.17) is 0 Å². The molecule has 0 aromatic rings. The third-order valence-electron chi connectivity index (χ3n) is 8.41. The molecule has 2 atom stereocenters. The smallest absolute Gasteiger partial charge is 0.0383 e. The summed E-state index contributed by atoms with van der Waals surface area (Å²) in [6.07, 6.45) is 24.6. The van der Waals surface area contributed by atoms with Crippen molar-refractivity contribution in [3.8, 4) is 0 Å². The fourth-order valence-electron chi connectivity index (χ4n) is 6.66. The van der Waals surface area contributed by atoms with Crippen molar-refractivity contribution in [2.45, 2.75) is 117 Å².